The lowest BCUT2D eigenvalue weighted by atomic mass is 10.0. The van der Waals surface area contributed by atoms with Crippen molar-refractivity contribution in [3.05, 3.63) is 64.4 Å². The number of methoxy groups -OCH3 is 1. The van der Waals surface area contributed by atoms with Crippen molar-refractivity contribution in [3.8, 4) is 5.75 Å². The van der Waals surface area contributed by atoms with Crippen LogP contribution in [0.5, 0.6) is 5.75 Å². The minimum Gasteiger partial charge on any atom is -0.491 e. The van der Waals surface area contributed by atoms with E-state index < -0.39 is 11.5 Å². The van der Waals surface area contributed by atoms with E-state index in [9.17, 15) is 9.18 Å². The highest BCUT2D eigenvalue weighted by Crippen LogP contribution is 2.20. The number of halogens is 2. The van der Waals surface area contributed by atoms with Crippen LogP contribution in [-0.2, 0) is 16.1 Å². The van der Waals surface area contributed by atoms with Crippen LogP contribution in [0.25, 0.3) is 0 Å². The molecule has 0 saturated heterocycles. The van der Waals surface area contributed by atoms with Crippen LogP contribution in [0.1, 0.15) is 12.5 Å². The van der Waals surface area contributed by atoms with Gasteiger partial charge >= 0.3 is 5.97 Å². The van der Waals surface area contributed by atoms with Crippen molar-refractivity contribution in [2.45, 2.75) is 19.0 Å². The second kappa shape index (κ2) is 8.26. The van der Waals surface area contributed by atoms with E-state index in [1.54, 1.807) is 25.1 Å². The Morgan fingerprint density at radius 2 is 1.96 bits per heavy atom. The zero-order chi connectivity index (χ0) is 17.6. The van der Waals surface area contributed by atoms with Crippen molar-refractivity contribution in [1.82, 2.24) is 5.32 Å². The third kappa shape index (κ3) is 4.79. The largest absolute Gasteiger partial charge is 0.491 e. The Morgan fingerprint density at radius 3 is 2.62 bits per heavy atom. The fraction of sp³-hybridized carbons (Fsp3) is 0.278. The van der Waals surface area contributed by atoms with Crippen LogP contribution in [-0.4, -0.2) is 25.2 Å². The number of para-hydroxylation sites is 1. The molecule has 1 unspecified atom stereocenters. The number of esters is 1. The molecule has 0 aliphatic rings. The molecule has 2 rings (SSSR count). The molecule has 0 bridgehead atoms. The Balaban J connectivity index is 2.09. The summed E-state index contributed by atoms with van der Waals surface area (Å²) in [6, 6.07) is 13.6. The van der Waals surface area contributed by atoms with Gasteiger partial charge in [-0.05, 0) is 42.8 Å². The van der Waals surface area contributed by atoms with Crippen LogP contribution < -0.4 is 10.1 Å². The maximum atomic E-state index is 13.4. The normalized spacial score (nSPS) is 13.2. The molecule has 0 fully saturated rings. The first-order valence-corrected chi connectivity index (χ1v) is 8.19. The van der Waals surface area contributed by atoms with Crippen LogP contribution in [0.15, 0.2) is 53.0 Å². The number of hydrogen-bond acceptors (Lipinski definition) is 4. The summed E-state index contributed by atoms with van der Waals surface area (Å²) in [5.41, 5.74) is -0.374. The maximum absolute atomic E-state index is 13.4. The van der Waals surface area contributed by atoms with Gasteiger partial charge in [0.1, 0.15) is 23.7 Å². The number of carbonyl (C=O) groups is 1. The van der Waals surface area contributed by atoms with Gasteiger partial charge in [-0.2, -0.15) is 0 Å². The summed E-state index contributed by atoms with van der Waals surface area (Å²) in [6.45, 7) is 2.05. The van der Waals surface area contributed by atoms with Gasteiger partial charge in [-0.25, -0.2) is 9.18 Å². The van der Waals surface area contributed by atoms with Gasteiger partial charge in [-0.15, -0.1) is 0 Å². The lowest BCUT2D eigenvalue weighted by molar-refractivity contribution is -0.149. The quantitative estimate of drug-likeness (QED) is 0.726. The van der Waals surface area contributed by atoms with E-state index in [0.29, 0.717) is 11.3 Å². The summed E-state index contributed by atoms with van der Waals surface area (Å²) in [5.74, 6) is -0.136. The Hall–Kier alpha value is -1.92. The number of nitrogens with one attached hydrogen (secondary N) is 1. The molecule has 2 aromatic carbocycles. The summed E-state index contributed by atoms with van der Waals surface area (Å²) < 4.78 is 24.7. The molecule has 1 N–H and O–H groups in total. The molecule has 0 radical (unpaired) electrons. The third-order valence-corrected chi connectivity index (χ3v) is 4.36. The molecule has 6 heteroatoms. The van der Waals surface area contributed by atoms with Gasteiger partial charge in [0, 0.05) is 11.0 Å². The Labute approximate surface area is 149 Å². The minimum atomic E-state index is -1.07. The predicted molar refractivity (Wildman–Crippen MR) is 93.3 cm³/mol. The molecule has 1 atom stereocenters. The summed E-state index contributed by atoms with van der Waals surface area (Å²) >= 11 is 3.37. The fourth-order valence-electron chi connectivity index (χ4n) is 2.12. The molecule has 24 heavy (non-hydrogen) atoms. The maximum Gasteiger partial charge on any atom is 0.329 e. The van der Waals surface area contributed by atoms with Crippen molar-refractivity contribution in [2.24, 2.45) is 0 Å². The van der Waals surface area contributed by atoms with Gasteiger partial charge in [-0.3, -0.25) is 5.32 Å². The molecule has 0 spiro atoms. The number of rotatable bonds is 7. The molecular formula is C18H19BrFNO3. The number of carbonyl (C=O) groups excluding carboxylic acids is 1. The van der Waals surface area contributed by atoms with E-state index in [1.165, 1.54) is 19.2 Å². The average molecular weight is 396 g/mol. The number of hydrogen-bond donors (Lipinski definition) is 1. The van der Waals surface area contributed by atoms with E-state index in [-0.39, 0.29) is 19.0 Å². The standard InChI is InChI=1S/C18H19BrFNO3/c1-18(17(22)23-2,12-24-15-6-4-3-5-7-15)21-11-13-10-14(20)8-9-16(13)19/h3-10,21H,11-12H2,1-2H3. The van der Waals surface area contributed by atoms with Crippen molar-refractivity contribution < 1.29 is 18.7 Å². The first kappa shape index (κ1) is 18.4. The van der Waals surface area contributed by atoms with E-state index in [2.05, 4.69) is 21.2 Å². The van der Waals surface area contributed by atoms with E-state index in [4.69, 9.17) is 9.47 Å². The molecule has 0 aliphatic heterocycles. The van der Waals surface area contributed by atoms with Gasteiger partial charge in [0.25, 0.3) is 0 Å². The number of benzene rings is 2. The van der Waals surface area contributed by atoms with Crippen LogP contribution in [0.3, 0.4) is 0 Å². The van der Waals surface area contributed by atoms with Gasteiger partial charge in [0.2, 0.25) is 0 Å². The molecule has 0 aromatic heterocycles. The Morgan fingerprint density at radius 1 is 1.25 bits per heavy atom. The Kier molecular flexibility index (Phi) is 6.34. The smallest absolute Gasteiger partial charge is 0.329 e. The SMILES string of the molecule is COC(=O)C(C)(COc1ccccc1)NCc1cc(F)ccc1Br. The predicted octanol–water partition coefficient (Wildman–Crippen LogP) is 3.69. The molecule has 0 aliphatic carbocycles. The molecule has 128 valence electrons. The lowest BCUT2D eigenvalue weighted by Crippen LogP contribution is -2.54. The van der Waals surface area contributed by atoms with Crippen LogP contribution in [0.4, 0.5) is 4.39 Å². The molecular weight excluding hydrogens is 377 g/mol. The molecule has 2 aromatic rings. The second-order valence-electron chi connectivity index (χ2n) is 5.51. The monoisotopic (exact) mass is 395 g/mol. The summed E-state index contributed by atoms with van der Waals surface area (Å²) in [7, 11) is 1.32. The Bertz CT molecular complexity index is 696. The fourth-order valence-corrected chi connectivity index (χ4v) is 2.51. The van der Waals surface area contributed by atoms with Gasteiger partial charge in [0.05, 0.1) is 7.11 Å². The van der Waals surface area contributed by atoms with Crippen molar-refractivity contribution in [2.75, 3.05) is 13.7 Å². The molecule has 0 heterocycles. The first-order valence-electron chi connectivity index (χ1n) is 7.40. The highest BCUT2D eigenvalue weighted by molar-refractivity contribution is 9.10. The molecule has 0 saturated carbocycles. The van der Waals surface area contributed by atoms with Crippen molar-refractivity contribution >= 4 is 21.9 Å². The minimum absolute atomic E-state index is 0.0800. The van der Waals surface area contributed by atoms with Gasteiger partial charge < -0.3 is 9.47 Å². The summed E-state index contributed by atoms with van der Waals surface area (Å²) in [4.78, 5) is 12.2. The van der Waals surface area contributed by atoms with Crippen LogP contribution >= 0.6 is 15.9 Å². The van der Waals surface area contributed by atoms with Crippen LogP contribution in [0.2, 0.25) is 0 Å². The van der Waals surface area contributed by atoms with Crippen LogP contribution in [0, 0.1) is 5.82 Å². The van der Waals surface area contributed by atoms with E-state index in [0.717, 1.165) is 4.47 Å². The molecule has 0 amide bonds. The topological polar surface area (TPSA) is 47.6 Å². The van der Waals surface area contributed by atoms with Crippen molar-refractivity contribution in [3.63, 3.8) is 0 Å². The zero-order valence-electron chi connectivity index (χ0n) is 13.5. The highest BCUT2D eigenvalue weighted by atomic mass is 79.9. The van der Waals surface area contributed by atoms with E-state index in [1.807, 2.05) is 18.2 Å². The summed E-state index contributed by atoms with van der Waals surface area (Å²) in [6.07, 6.45) is 0. The van der Waals surface area contributed by atoms with Gasteiger partial charge in [-0.1, -0.05) is 34.1 Å². The van der Waals surface area contributed by atoms with Gasteiger partial charge in [0.15, 0.2) is 0 Å². The molecule has 4 nitrogen and oxygen atoms in total. The highest BCUT2D eigenvalue weighted by Gasteiger charge is 2.35. The lowest BCUT2D eigenvalue weighted by Gasteiger charge is -2.28. The summed E-state index contributed by atoms with van der Waals surface area (Å²) in [5, 5.41) is 3.11. The van der Waals surface area contributed by atoms with Crippen molar-refractivity contribution in [1.29, 1.82) is 0 Å². The van der Waals surface area contributed by atoms with E-state index >= 15 is 0 Å². The average Bonchev–Trinajstić information content (AvgIpc) is 2.61. The third-order valence-electron chi connectivity index (χ3n) is 3.58. The zero-order valence-corrected chi connectivity index (χ0v) is 15.1. The first-order chi connectivity index (χ1) is 11.4. The number of ether oxygens (including phenoxy) is 2. The second-order valence-corrected chi connectivity index (χ2v) is 6.37.